The Morgan fingerprint density at radius 2 is 1.83 bits per heavy atom. The summed E-state index contributed by atoms with van der Waals surface area (Å²) in [5.41, 5.74) is -2.17. The fourth-order valence-electron chi connectivity index (χ4n) is 2.96. The van der Waals surface area contributed by atoms with Crippen molar-refractivity contribution in [3.63, 3.8) is 0 Å². The minimum atomic E-state index is -4.52. The summed E-state index contributed by atoms with van der Waals surface area (Å²) in [6.07, 6.45) is -6.30. The molecule has 5 nitrogen and oxygen atoms in total. The zero-order chi connectivity index (χ0) is 16.7. The summed E-state index contributed by atoms with van der Waals surface area (Å²) >= 11 is 0. The molecule has 3 heterocycles. The summed E-state index contributed by atoms with van der Waals surface area (Å²) < 4.78 is 76.6. The van der Waals surface area contributed by atoms with E-state index in [0.29, 0.717) is 0 Å². The van der Waals surface area contributed by atoms with Crippen LogP contribution in [-0.2, 0) is 10.2 Å². The molecule has 0 amide bonds. The van der Waals surface area contributed by atoms with E-state index in [9.17, 15) is 22.0 Å². The Morgan fingerprint density at radius 1 is 1.13 bits per heavy atom. The van der Waals surface area contributed by atoms with Gasteiger partial charge in [-0.1, -0.05) is 5.16 Å². The number of nitrogens with one attached hydrogen (secondary N) is 1. The molecule has 0 aliphatic carbocycles. The van der Waals surface area contributed by atoms with Gasteiger partial charge < -0.3 is 14.6 Å². The monoisotopic (exact) mass is 341 g/mol. The molecule has 0 radical (unpaired) electrons. The van der Waals surface area contributed by atoms with Crippen molar-refractivity contribution in [2.45, 2.75) is 49.3 Å². The molecule has 130 valence electrons. The topological polar surface area (TPSA) is 60.2 Å². The van der Waals surface area contributed by atoms with Crippen LogP contribution in [0.5, 0.6) is 0 Å². The van der Waals surface area contributed by atoms with Crippen LogP contribution < -0.4 is 5.32 Å². The molecule has 0 spiro atoms. The van der Waals surface area contributed by atoms with Crippen LogP contribution in [0.3, 0.4) is 0 Å². The summed E-state index contributed by atoms with van der Waals surface area (Å²) in [5.74, 6) is -3.54. The van der Waals surface area contributed by atoms with Gasteiger partial charge in [-0.3, -0.25) is 0 Å². The predicted molar refractivity (Wildman–Crippen MR) is 67.0 cm³/mol. The maximum Gasteiger partial charge on any atom is 0.401 e. The van der Waals surface area contributed by atoms with Gasteiger partial charge in [0.1, 0.15) is 18.1 Å². The predicted octanol–water partition coefficient (Wildman–Crippen LogP) is 2.74. The first-order chi connectivity index (χ1) is 10.7. The molecule has 3 rings (SSSR count). The highest BCUT2D eigenvalue weighted by molar-refractivity contribution is 5.14. The van der Waals surface area contributed by atoms with Gasteiger partial charge in [-0.15, -0.1) is 0 Å². The number of halogens is 5. The molecule has 0 aromatic carbocycles. The number of rotatable bonds is 2. The number of alkyl halides is 5. The van der Waals surface area contributed by atoms with Gasteiger partial charge in [-0.25, -0.2) is 8.78 Å². The van der Waals surface area contributed by atoms with Crippen molar-refractivity contribution >= 4 is 0 Å². The molecule has 0 saturated carbocycles. The zero-order valence-corrected chi connectivity index (χ0v) is 12.1. The lowest BCUT2D eigenvalue weighted by molar-refractivity contribution is -0.200. The lowest BCUT2D eigenvalue weighted by atomic mass is 9.77. The second-order valence-electron chi connectivity index (χ2n) is 5.98. The van der Waals surface area contributed by atoms with E-state index in [4.69, 9.17) is 9.26 Å². The summed E-state index contributed by atoms with van der Waals surface area (Å²) in [6.45, 7) is -0.422. The maximum atomic E-state index is 13.6. The maximum absolute atomic E-state index is 13.6. The Morgan fingerprint density at radius 3 is 2.39 bits per heavy atom. The van der Waals surface area contributed by atoms with Crippen LogP contribution in [0.1, 0.15) is 43.5 Å². The number of hydrogen-bond acceptors (Lipinski definition) is 5. The highest BCUT2D eigenvalue weighted by atomic mass is 19.4. The summed E-state index contributed by atoms with van der Waals surface area (Å²) in [5, 5.41) is 6.35. The number of hydrogen-bond donors (Lipinski definition) is 1. The molecule has 1 aromatic heterocycles. The first-order valence-electron chi connectivity index (χ1n) is 7.35. The van der Waals surface area contributed by atoms with Gasteiger partial charge in [0, 0.05) is 6.42 Å². The van der Waals surface area contributed by atoms with Crippen molar-refractivity contribution in [3.8, 4) is 0 Å². The second kappa shape index (κ2) is 5.66. The average molecular weight is 341 g/mol. The van der Waals surface area contributed by atoms with Crippen molar-refractivity contribution in [3.05, 3.63) is 11.7 Å². The second-order valence-corrected chi connectivity index (χ2v) is 5.98. The molecule has 1 aromatic rings. The van der Waals surface area contributed by atoms with Crippen LogP contribution in [0, 0.1) is 0 Å². The van der Waals surface area contributed by atoms with E-state index in [1.807, 2.05) is 0 Å². The largest absolute Gasteiger partial charge is 0.401 e. The Kier molecular flexibility index (Phi) is 4.07. The van der Waals surface area contributed by atoms with Crippen LogP contribution in [-0.4, -0.2) is 41.9 Å². The van der Waals surface area contributed by atoms with Gasteiger partial charge in [-0.2, -0.15) is 18.2 Å². The van der Waals surface area contributed by atoms with Crippen molar-refractivity contribution in [2.24, 2.45) is 0 Å². The lowest BCUT2D eigenvalue weighted by Crippen LogP contribution is -2.50. The highest BCUT2D eigenvalue weighted by Crippen LogP contribution is 2.46. The fraction of sp³-hybridized carbons (Fsp3) is 0.846. The molecule has 2 aliphatic rings. The van der Waals surface area contributed by atoms with E-state index in [-0.39, 0.29) is 38.2 Å². The van der Waals surface area contributed by atoms with E-state index in [1.54, 1.807) is 0 Å². The van der Waals surface area contributed by atoms with Crippen LogP contribution >= 0.6 is 0 Å². The third-order valence-electron chi connectivity index (χ3n) is 4.41. The molecule has 1 unspecified atom stereocenters. The third-order valence-corrected chi connectivity index (χ3v) is 4.41. The molecule has 2 aliphatic heterocycles. The normalized spacial score (nSPS) is 27.8. The fourth-order valence-corrected chi connectivity index (χ4v) is 2.96. The molecule has 1 N–H and O–H groups in total. The van der Waals surface area contributed by atoms with E-state index >= 15 is 0 Å². The van der Waals surface area contributed by atoms with Crippen LogP contribution in [0.25, 0.3) is 0 Å². The first kappa shape index (κ1) is 16.6. The molecule has 1 atom stereocenters. The van der Waals surface area contributed by atoms with Crippen molar-refractivity contribution < 1.29 is 31.2 Å². The Balaban J connectivity index is 1.83. The van der Waals surface area contributed by atoms with Crippen LogP contribution in [0.2, 0.25) is 0 Å². The Bertz CT molecular complexity index is 544. The van der Waals surface area contributed by atoms with Crippen LogP contribution in [0.15, 0.2) is 4.52 Å². The summed E-state index contributed by atoms with van der Waals surface area (Å²) in [6, 6.07) is 0. The number of piperidine rings is 1. The van der Waals surface area contributed by atoms with Gasteiger partial charge in [0.25, 0.3) is 11.8 Å². The van der Waals surface area contributed by atoms with Gasteiger partial charge >= 0.3 is 6.18 Å². The van der Waals surface area contributed by atoms with Gasteiger partial charge in [0.15, 0.2) is 5.82 Å². The molecule has 2 fully saturated rings. The lowest BCUT2D eigenvalue weighted by Gasteiger charge is -2.36. The third kappa shape index (κ3) is 3.06. The van der Waals surface area contributed by atoms with E-state index in [2.05, 4.69) is 15.5 Å². The molecule has 10 heteroatoms. The summed E-state index contributed by atoms with van der Waals surface area (Å²) in [4.78, 5) is 3.85. The van der Waals surface area contributed by atoms with E-state index < -0.39 is 42.5 Å². The zero-order valence-electron chi connectivity index (χ0n) is 12.1. The molecular formula is C13H16F5N3O2. The smallest absolute Gasteiger partial charge is 0.362 e. The number of ether oxygens (including phenoxy) is 1. The summed E-state index contributed by atoms with van der Waals surface area (Å²) in [7, 11) is 0. The SMILES string of the molecule is FC1(F)CCC(c2nc(C3(C(F)(F)F)CCNCC3)no2)OC1. The minimum Gasteiger partial charge on any atom is -0.362 e. The Hall–Kier alpha value is -1.29. The van der Waals surface area contributed by atoms with Gasteiger partial charge in [-0.05, 0) is 32.4 Å². The Labute approximate surface area is 128 Å². The highest BCUT2D eigenvalue weighted by Gasteiger charge is 2.59. The molecule has 23 heavy (non-hydrogen) atoms. The van der Waals surface area contributed by atoms with Crippen LogP contribution in [0.4, 0.5) is 22.0 Å². The van der Waals surface area contributed by atoms with Crippen molar-refractivity contribution in [1.29, 1.82) is 0 Å². The first-order valence-corrected chi connectivity index (χ1v) is 7.35. The molecular weight excluding hydrogens is 325 g/mol. The quantitative estimate of drug-likeness (QED) is 0.838. The van der Waals surface area contributed by atoms with Gasteiger partial charge in [0.05, 0.1) is 0 Å². The van der Waals surface area contributed by atoms with Gasteiger partial charge in [0.2, 0.25) is 0 Å². The minimum absolute atomic E-state index is 0.0742. The van der Waals surface area contributed by atoms with E-state index in [1.165, 1.54) is 0 Å². The van der Waals surface area contributed by atoms with Crippen molar-refractivity contribution in [2.75, 3.05) is 19.7 Å². The number of aromatic nitrogens is 2. The van der Waals surface area contributed by atoms with E-state index in [0.717, 1.165) is 0 Å². The molecule has 2 saturated heterocycles. The molecule has 0 bridgehead atoms. The number of nitrogens with zero attached hydrogens (tertiary/aromatic N) is 2. The standard InChI is InChI=1S/C13H16F5N3O2/c14-12(15)2-1-8(22-7-12)9-20-10(21-23-9)11(13(16,17)18)3-5-19-6-4-11/h8,19H,1-7H2. The average Bonchev–Trinajstić information content (AvgIpc) is 2.97. The van der Waals surface area contributed by atoms with Crippen molar-refractivity contribution in [1.82, 2.24) is 15.5 Å².